The van der Waals surface area contributed by atoms with E-state index in [9.17, 15) is 9.59 Å². The van der Waals surface area contributed by atoms with Gasteiger partial charge in [0.1, 0.15) is 5.82 Å². The zero-order valence-electron chi connectivity index (χ0n) is 11.7. The smallest absolute Gasteiger partial charge is 0.310 e. The third-order valence-corrected chi connectivity index (χ3v) is 3.47. The zero-order chi connectivity index (χ0) is 15.2. The van der Waals surface area contributed by atoms with Crippen molar-refractivity contribution < 1.29 is 14.3 Å². The number of pyridine rings is 1. The van der Waals surface area contributed by atoms with Crippen molar-refractivity contribution in [2.75, 3.05) is 5.32 Å². The minimum atomic E-state index is -0.860. The Labute approximate surface area is 128 Å². The molecule has 0 saturated carbocycles. The van der Waals surface area contributed by atoms with E-state index in [-0.39, 0.29) is 11.9 Å². The molecule has 1 aliphatic rings. The van der Waals surface area contributed by atoms with E-state index in [1.54, 1.807) is 19.1 Å². The van der Waals surface area contributed by atoms with E-state index in [2.05, 4.69) is 10.3 Å². The van der Waals surface area contributed by atoms with Crippen LogP contribution in [0.4, 0.5) is 5.82 Å². The zero-order valence-corrected chi connectivity index (χ0v) is 12.5. The van der Waals surface area contributed by atoms with Crippen molar-refractivity contribution in [2.24, 2.45) is 5.92 Å². The molecule has 1 aromatic heterocycles. The molecule has 0 aromatic carbocycles. The quantitative estimate of drug-likeness (QED) is 0.686. The van der Waals surface area contributed by atoms with Gasteiger partial charge in [0.15, 0.2) is 6.10 Å². The lowest BCUT2D eigenvalue weighted by atomic mass is 9.95. The second-order valence-corrected chi connectivity index (χ2v) is 5.35. The van der Waals surface area contributed by atoms with Crippen molar-refractivity contribution >= 4 is 29.3 Å². The first-order valence-corrected chi connectivity index (χ1v) is 7.22. The fourth-order valence-electron chi connectivity index (χ4n) is 2.01. The summed E-state index contributed by atoms with van der Waals surface area (Å²) >= 11 is 5.72. The van der Waals surface area contributed by atoms with Gasteiger partial charge in [-0.2, -0.15) is 0 Å². The van der Waals surface area contributed by atoms with Crippen LogP contribution in [0.5, 0.6) is 0 Å². The number of aromatic nitrogens is 1. The third-order valence-electron chi connectivity index (χ3n) is 3.24. The van der Waals surface area contributed by atoms with E-state index in [1.807, 2.05) is 12.2 Å². The topological polar surface area (TPSA) is 68.3 Å². The minimum Gasteiger partial charge on any atom is -0.452 e. The number of carbonyl (C=O) groups is 2. The second-order valence-electron chi connectivity index (χ2n) is 4.91. The van der Waals surface area contributed by atoms with Gasteiger partial charge in [-0.25, -0.2) is 4.98 Å². The van der Waals surface area contributed by atoms with Crippen molar-refractivity contribution in [3.63, 3.8) is 0 Å². The van der Waals surface area contributed by atoms with Crippen molar-refractivity contribution in [2.45, 2.75) is 32.3 Å². The van der Waals surface area contributed by atoms with Crippen LogP contribution in [-0.2, 0) is 14.3 Å². The molecule has 0 saturated heterocycles. The predicted molar refractivity (Wildman–Crippen MR) is 79.9 cm³/mol. The molecule has 2 atom stereocenters. The van der Waals surface area contributed by atoms with Crippen molar-refractivity contribution in [3.8, 4) is 0 Å². The summed E-state index contributed by atoms with van der Waals surface area (Å²) in [5.41, 5.74) is 0. The summed E-state index contributed by atoms with van der Waals surface area (Å²) in [6.45, 7) is 1.54. The van der Waals surface area contributed by atoms with E-state index in [0.717, 1.165) is 12.8 Å². The Morgan fingerprint density at radius 2 is 2.24 bits per heavy atom. The summed E-state index contributed by atoms with van der Waals surface area (Å²) < 4.78 is 5.21. The average molecular weight is 309 g/mol. The highest BCUT2D eigenvalue weighted by molar-refractivity contribution is 6.30. The van der Waals surface area contributed by atoms with Crippen LogP contribution in [0.1, 0.15) is 26.2 Å². The predicted octanol–water partition coefficient (Wildman–Crippen LogP) is 2.96. The number of halogens is 1. The van der Waals surface area contributed by atoms with Crippen LogP contribution in [-0.4, -0.2) is 23.0 Å². The molecule has 0 spiro atoms. The molecule has 2 rings (SSSR count). The van der Waals surface area contributed by atoms with Gasteiger partial charge in [-0.05, 0) is 38.3 Å². The van der Waals surface area contributed by atoms with Crippen LogP contribution < -0.4 is 5.32 Å². The van der Waals surface area contributed by atoms with Gasteiger partial charge in [0.25, 0.3) is 5.91 Å². The molecule has 1 N–H and O–H groups in total. The van der Waals surface area contributed by atoms with E-state index in [0.29, 0.717) is 17.3 Å². The Kier molecular flexibility index (Phi) is 5.33. The number of carbonyl (C=O) groups excluding carboxylic acids is 2. The summed E-state index contributed by atoms with van der Waals surface area (Å²) in [5, 5.41) is 3.06. The van der Waals surface area contributed by atoms with Crippen LogP contribution in [0, 0.1) is 5.92 Å². The monoisotopic (exact) mass is 308 g/mol. The number of esters is 1. The summed E-state index contributed by atoms with van der Waals surface area (Å²) in [6, 6.07) is 3.20. The molecule has 5 nitrogen and oxygen atoms in total. The Morgan fingerprint density at radius 1 is 1.43 bits per heavy atom. The molecule has 112 valence electrons. The summed E-state index contributed by atoms with van der Waals surface area (Å²) in [5.74, 6) is -0.526. The highest BCUT2D eigenvalue weighted by atomic mass is 35.5. The molecule has 1 aliphatic carbocycles. The molecular formula is C15H17ClN2O3. The number of hydrogen-bond acceptors (Lipinski definition) is 4. The fraction of sp³-hybridized carbons (Fsp3) is 0.400. The number of anilines is 1. The Bertz CT molecular complexity index is 542. The molecule has 0 bridgehead atoms. The molecule has 0 radical (unpaired) electrons. The summed E-state index contributed by atoms with van der Waals surface area (Å²) in [4.78, 5) is 27.8. The maximum Gasteiger partial charge on any atom is 0.310 e. The van der Waals surface area contributed by atoms with Crippen LogP contribution in [0.25, 0.3) is 0 Å². The molecule has 1 aromatic rings. The highest BCUT2D eigenvalue weighted by Gasteiger charge is 2.25. The molecule has 6 heteroatoms. The van der Waals surface area contributed by atoms with E-state index < -0.39 is 12.0 Å². The van der Waals surface area contributed by atoms with Crippen molar-refractivity contribution in [1.29, 1.82) is 0 Å². The number of allylic oxidation sites excluding steroid dienone is 2. The highest BCUT2D eigenvalue weighted by Crippen LogP contribution is 2.20. The molecular weight excluding hydrogens is 292 g/mol. The lowest BCUT2D eigenvalue weighted by Crippen LogP contribution is -2.32. The number of nitrogens with zero attached hydrogens (tertiary/aromatic N) is 1. The van der Waals surface area contributed by atoms with Gasteiger partial charge in [0, 0.05) is 6.20 Å². The van der Waals surface area contributed by atoms with E-state index >= 15 is 0 Å². The third kappa shape index (κ3) is 4.56. The maximum atomic E-state index is 11.9. The lowest BCUT2D eigenvalue weighted by Gasteiger charge is -2.19. The standard InChI is InChI=1S/C15H17ClN2O3/c1-10(21-15(20)11-5-3-2-4-6-11)14(19)18-13-8-7-12(16)9-17-13/h2-3,7-11H,4-6H2,1H3,(H,17,18,19). The van der Waals surface area contributed by atoms with E-state index in [4.69, 9.17) is 16.3 Å². The fourth-order valence-corrected chi connectivity index (χ4v) is 2.12. The summed E-state index contributed by atoms with van der Waals surface area (Å²) in [7, 11) is 0. The average Bonchev–Trinajstić information content (AvgIpc) is 2.50. The number of ether oxygens (including phenoxy) is 1. The molecule has 0 aliphatic heterocycles. The Balaban J connectivity index is 1.85. The number of rotatable bonds is 4. The van der Waals surface area contributed by atoms with Crippen molar-refractivity contribution in [3.05, 3.63) is 35.5 Å². The number of amides is 1. The van der Waals surface area contributed by atoms with Gasteiger partial charge in [-0.15, -0.1) is 0 Å². The first kappa shape index (κ1) is 15.5. The van der Waals surface area contributed by atoms with Crippen LogP contribution in [0.2, 0.25) is 5.02 Å². The molecule has 2 unspecified atom stereocenters. The first-order chi connectivity index (χ1) is 10.1. The molecule has 0 fully saturated rings. The van der Waals surface area contributed by atoms with Crippen LogP contribution in [0.3, 0.4) is 0 Å². The largest absolute Gasteiger partial charge is 0.452 e. The van der Waals surface area contributed by atoms with Gasteiger partial charge in [0.05, 0.1) is 10.9 Å². The Morgan fingerprint density at radius 3 is 2.86 bits per heavy atom. The first-order valence-electron chi connectivity index (χ1n) is 6.84. The molecule has 21 heavy (non-hydrogen) atoms. The lowest BCUT2D eigenvalue weighted by molar-refractivity contribution is -0.157. The van der Waals surface area contributed by atoms with Gasteiger partial charge in [0.2, 0.25) is 0 Å². The van der Waals surface area contributed by atoms with Crippen LogP contribution >= 0.6 is 11.6 Å². The van der Waals surface area contributed by atoms with Gasteiger partial charge in [-0.3, -0.25) is 9.59 Å². The SMILES string of the molecule is CC(OC(=O)C1CC=CCC1)C(=O)Nc1ccc(Cl)cn1. The number of hydrogen-bond donors (Lipinski definition) is 1. The minimum absolute atomic E-state index is 0.154. The second kappa shape index (κ2) is 7.22. The number of nitrogens with one attached hydrogen (secondary N) is 1. The van der Waals surface area contributed by atoms with Gasteiger partial charge >= 0.3 is 5.97 Å². The van der Waals surface area contributed by atoms with E-state index in [1.165, 1.54) is 6.20 Å². The molecule has 1 amide bonds. The summed E-state index contributed by atoms with van der Waals surface area (Å²) in [6.07, 6.45) is 6.90. The van der Waals surface area contributed by atoms with Crippen LogP contribution in [0.15, 0.2) is 30.5 Å². The normalized spacial score (nSPS) is 18.9. The maximum absolute atomic E-state index is 11.9. The Hall–Kier alpha value is -1.88. The van der Waals surface area contributed by atoms with Gasteiger partial charge < -0.3 is 10.1 Å². The van der Waals surface area contributed by atoms with Gasteiger partial charge in [-0.1, -0.05) is 23.8 Å². The van der Waals surface area contributed by atoms with Crippen molar-refractivity contribution in [1.82, 2.24) is 4.98 Å². The molecule has 1 heterocycles.